The van der Waals surface area contributed by atoms with E-state index in [9.17, 15) is 9.59 Å². The highest BCUT2D eigenvalue weighted by Gasteiger charge is 2.23. The lowest BCUT2D eigenvalue weighted by Crippen LogP contribution is -2.41. The Hall–Kier alpha value is -2.44. The highest BCUT2D eigenvalue weighted by atomic mass is 16.4. The number of aromatic nitrogens is 3. The van der Waals surface area contributed by atoms with E-state index in [1.807, 2.05) is 13.8 Å². The van der Waals surface area contributed by atoms with Gasteiger partial charge in [0.05, 0.1) is 23.5 Å². The molecule has 0 aliphatic heterocycles. The highest BCUT2D eigenvalue weighted by molar-refractivity contribution is 6.01. The summed E-state index contributed by atoms with van der Waals surface area (Å²) in [5, 5.41) is 15.7. The summed E-state index contributed by atoms with van der Waals surface area (Å²) in [7, 11) is 0. The van der Waals surface area contributed by atoms with Crippen LogP contribution in [0, 0.1) is 5.92 Å². The smallest absolute Gasteiger partial charge is 0.326 e. The van der Waals surface area contributed by atoms with Crippen molar-refractivity contribution < 1.29 is 14.7 Å². The first-order valence-electron chi connectivity index (χ1n) is 6.30. The number of hydrogen-bond acceptors (Lipinski definition) is 4. The molecule has 1 atom stereocenters. The van der Waals surface area contributed by atoms with E-state index in [1.165, 1.54) is 16.9 Å². The Morgan fingerprint density at radius 2 is 2.15 bits per heavy atom. The van der Waals surface area contributed by atoms with E-state index >= 15 is 0 Å². The van der Waals surface area contributed by atoms with Crippen molar-refractivity contribution in [2.75, 3.05) is 0 Å². The molecule has 7 heteroatoms. The van der Waals surface area contributed by atoms with Crippen LogP contribution < -0.4 is 5.32 Å². The molecule has 0 fully saturated rings. The van der Waals surface area contributed by atoms with Gasteiger partial charge in [-0.25, -0.2) is 9.31 Å². The molecule has 2 heterocycles. The number of fused-ring (bicyclic) bond motifs is 1. The van der Waals surface area contributed by atoms with Gasteiger partial charge in [0.1, 0.15) is 6.04 Å². The number of rotatable bonds is 5. The summed E-state index contributed by atoms with van der Waals surface area (Å²) >= 11 is 0. The summed E-state index contributed by atoms with van der Waals surface area (Å²) in [5.74, 6) is -1.33. The molecule has 0 aromatic carbocycles. The van der Waals surface area contributed by atoms with Gasteiger partial charge in [0.2, 0.25) is 0 Å². The van der Waals surface area contributed by atoms with Crippen LogP contribution in [0.3, 0.4) is 0 Å². The van der Waals surface area contributed by atoms with Gasteiger partial charge < -0.3 is 10.4 Å². The van der Waals surface area contributed by atoms with Gasteiger partial charge in [-0.05, 0) is 12.3 Å². The minimum absolute atomic E-state index is 0.168. The zero-order valence-electron chi connectivity index (χ0n) is 11.3. The fourth-order valence-electron chi connectivity index (χ4n) is 1.94. The van der Waals surface area contributed by atoms with Gasteiger partial charge in [-0.15, -0.1) is 0 Å². The van der Waals surface area contributed by atoms with E-state index in [-0.39, 0.29) is 5.92 Å². The molecule has 0 saturated heterocycles. The first kappa shape index (κ1) is 14.0. The molecule has 2 N–H and O–H groups in total. The monoisotopic (exact) mass is 276 g/mol. The van der Waals surface area contributed by atoms with Crippen LogP contribution in [0.2, 0.25) is 0 Å². The second-order valence-electron chi connectivity index (χ2n) is 4.96. The summed E-state index contributed by atoms with van der Waals surface area (Å²) in [5.41, 5.74) is 0.854. The second kappa shape index (κ2) is 5.68. The second-order valence-corrected chi connectivity index (χ2v) is 4.96. The lowest BCUT2D eigenvalue weighted by atomic mass is 10.0. The standard InChI is InChI=1S/C13H16N4O3/c1-8(2)5-10(13(19)20)16-12(18)9-6-15-17-4-3-14-7-11(9)17/h3-4,6-8,10H,5H2,1-2H3,(H,16,18)(H,19,20). The number of nitrogens with one attached hydrogen (secondary N) is 1. The molecule has 7 nitrogen and oxygen atoms in total. The summed E-state index contributed by atoms with van der Waals surface area (Å²) in [6.07, 6.45) is 6.47. The van der Waals surface area contributed by atoms with Gasteiger partial charge in [-0.3, -0.25) is 9.78 Å². The quantitative estimate of drug-likeness (QED) is 0.847. The third kappa shape index (κ3) is 2.93. The average Bonchev–Trinajstić information content (AvgIpc) is 2.81. The zero-order chi connectivity index (χ0) is 14.7. The number of amides is 1. The van der Waals surface area contributed by atoms with Gasteiger partial charge >= 0.3 is 5.97 Å². The van der Waals surface area contributed by atoms with Crippen LogP contribution in [0.25, 0.3) is 5.52 Å². The predicted octanol–water partition coefficient (Wildman–Crippen LogP) is 0.958. The number of nitrogens with zero attached hydrogens (tertiary/aromatic N) is 3. The van der Waals surface area contributed by atoms with Crippen LogP contribution >= 0.6 is 0 Å². The van der Waals surface area contributed by atoms with E-state index < -0.39 is 17.9 Å². The number of carboxylic acids is 1. The van der Waals surface area contributed by atoms with Crippen LogP contribution in [0.5, 0.6) is 0 Å². The van der Waals surface area contributed by atoms with E-state index in [2.05, 4.69) is 15.4 Å². The maximum Gasteiger partial charge on any atom is 0.326 e. The van der Waals surface area contributed by atoms with Crippen molar-refractivity contribution in [1.82, 2.24) is 19.9 Å². The number of carbonyl (C=O) groups is 2. The molecule has 0 saturated carbocycles. The molecule has 0 spiro atoms. The Morgan fingerprint density at radius 3 is 2.80 bits per heavy atom. The maximum atomic E-state index is 12.2. The summed E-state index contributed by atoms with van der Waals surface area (Å²) < 4.78 is 1.51. The first-order valence-corrected chi connectivity index (χ1v) is 6.30. The lowest BCUT2D eigenvalue weighted by Gasteiger charge is -2.15. The van der Waals surface area contributed by atoms with E-state index in [1.54, 1.807) is 12.4 Å². The first-order chi connectivity index (χ1) is 9.49. The highest BCUT2D eigenvalue weighted by Crippen LogP contribution is 2.10. The fraction of sp³-hybridized carbons (Fsp3) is 0.385. The van der Waals surface area contributed by atoms with Crippen molar-refractivity contribution in [3.8, 4) is 0 Å². The van der Waals surface area contributed by atoms with Crippen LogP contribution in [0.4, 0.5) is 0 Å². The number of aliphatic carboxylic acids is 1. The number of hydrogen-bond donors (Lipinski definition) is 2. The normalized spacial score (nSPS) is 12.6. The van der Waals surface area contributed by atoms with E-state index in [4.69, 9.17) is 5.11 Å². The minimum Gasteiger partial charge on any atom is -0.480 e. The molecule has 2 aromatic heterocycles. The molecule has 1 amide bonds. The largest absolute Gasteiger partial charge is 0.480 e. The predicted molar refractivity (Wildman–Crippen MR) is 71.3 cm³/mol. The Morgan fingerprint density at radius 1 is 1.40 bits per heavy atom. The molecule has 0 aliphatic rings. The van der Waals surface area contributed by atoms with Crippen molar-refractivity contribution in [2.45, 2.75) is 26.3 Å². The van der Waals surface area contributed by atoms with Crippen LogP contribution in [-0.4, -0.2) is 37.6 Å². The molecule has 2 aromatic rings. The average molecular weight is 276 g/mol. The zero-order valence-corrected chi connectivity index (χ0v) is 11.3. The third-order valence-corrected chi connectivity index (χ3v) is 2.88. The van der Waals surface area contributed by atoms with E-state index in [0.29, 0.717) is 17.5 Å². The van der Waals surface area contributed by atoms with Crippen LogP contribution in [0.15, 0.2) is 24.8 Å². The maximum absolute atomic E-state index is 12.2. The molecule has 2 rings (SSSR count). The van der Waals surface area contributed by atoms with Gasteiger partial charge in [-0.1, -0.05) is 13.8 Å². The Labute approximate surface area is 115 Å². The summed E-state index contributed by atoms with van der Waals surface area (Å²) in [6.45, 7) is 3.81. The lowest BCUT2D eigenvalue weighted by molar-refractivity contribution is -0.139. The SMILES string of the molecule is CC(C)CC(NC(=O)c1cnn2ccncc12)C(=O)O. The van der Waals surface area contributed by atoms with Crippen molar-refractivity contribution in [2.24, 2.45) is 5.92 Å². The Balaban J connectivity index is 2.20. The van der Waals surface area contributed by atoms with Gasteiger partial charge in [0.15, 0.2) is 0 Å². The fourth-order valence-corrected chi connectivity index (χ4v) is 1.94. The van der Waals surface area contributed by atoms with Gasteiger partial charge in [-0.2, -0.15) is 5.10 Å². The Bertz CT molecular complexity index is 635. The van der Waals surface area contributed by atoms with E-state index in [0.717, 1.165) is 0 Å². The molecular formula is C13H16N4O3. The summed E-state index contributed by atoms with van der Waals surface area (Å²) in [6, 6.07) is -0.908. The Kier molecular flexibility index (Phi) is 3.97. The molecule has 1 unspecified atom stereocenters. The van der Waals surface area contributed by atoms with Gasteiger partial charge in [0, 0.05) is 12.4 Å². The van der Waals surface area contributed by atoms with Crippen molar-refractivity contribution in [3.63, 3.8) is 0 Å². The van der Waals surface area contributed by atoms with Crippen molar-refractivity contribution in [1.29, 1.82) is 0 Å². The van der Waals surface area contributed by atoms with Crippen LogP contribution in [0.1, 0.15) is 30.6 Å². The number of carbonyl (C=O) groups excluding carboxylic acids is 1. The van der Waals surface area contributed by atoms with Crippen molar-refractivity contribution >= 4 is 17.4 Å². The summed E-state index contributed by atoms with van der Waals surface area (Å²) in [4.78, 5) is 27.2. The molecule has 0 bridgehead atoms. The van der Waals surface area contributed by atoms with Gasteiger partial charge in [0.25, 0.3) is 5.91 Å². The number of carboxylic acid groups (broad SMARTS) is 1. The molecule has 20 heavy (non-hydrogen) atoms. The molecular weight excluding hydrogens is 260 g/mol. The van der Waals surface area contributed by atoms with Crippen molar-refractivity contribution in [3.05, 3.63) is 30.4 Å². The molecule has 0 aliphatic carbocycles. The minimum atomic E-state index is -1.04. The molecule has 106 valence electrons. The van der Waals surface area contributed by atoms with Crippen LogP contribution in [-0.2, 0) is 4.79 Å². The topological polar surface area (TPSA) is 96.6 Å². The molecule has 0 radical (unpaired) electrons. The third-order valence-electron chi connectivity index (χ3n) is 2.88.